The van der Waals surface area contributed by atoms with Crippen molar-refractivity contribution in [3.63, 3.8) is 0 Å². The van der Waals surface area contributed by atoms with Crippen LogP contribution in [0.2, 0.25) is 0 Å². The normalized spacial score (nSPS) is 14.7. The third-order valence-electron chi connectivity index (χ3n) is 0.977. The zero-order valence-electron chi connectivity index (χ0n) is 4.69. The molecule has 2 heteroatoms. The molecule has 0 aromatic carbocycles. The van der Waals surface area contributed by atoms with Crippen LogP contribution in [0.25, 0.3) is 0 Å². The van der Waals surface area contributed by atoms with Crippen molar-refractivity contribution in [3.05, 3.63) is 0 Å². The Morgan fingerprint density at radius 3 is 2.33 bits per heavy atom. The average Bonchev–Trinajstić information content (AvgIpc) is 1.65. The van der Waals surface area contributed by atoms with E-state index in [-0.39, 0.29) is 0 Å². The van der Waals surface area contributed by atoms with E-state index in [9.17, 15) is 0 Å². The average molecular weight is 80.1 g/mol. The maximum atomic E-state index is 4.90. The quantitative estimate of drug-likeness (QED) is 0.440. The van der Waals surface area contributed by atoms with E-state index >= 15 is 0 Å². The first-order valence-electron chi connectivity index (χ1n) is 2.34. The second-order valence-corrected chi connectivity index (χ2v) is 1.45. The fourth-order valence-electron chi connectivity index (χ4n) is 0.167. The summed E-state index contributed by atoms with van der Waals surface area (Å²) in [6, 6.07) is 0. The molecule has 0 rings (SSSR count). The number of methoxy groups -OCH3 is 1. The van der Waals surface area contributed by atoms with E-state index in [1.54, 1.807) is 7.11 Å². The molecule has 32 valence electrons. The summed E-state index contributed by atoms with van der Waals surface area (Å²) in [6.07, 6.45) is 1.11. The predicted molar refractivity (Wildman–Crippen MR) is 26.8 cm³/mol. The van der Waals surface area contributed by atoms with Gasteiger partial charge in [0.1, 0.15) is 0 Å². The number of ether oxygens (including phenoxy) is 1. The third-order valence-corrected chi connectivity index (χ3v) is 0.977. The summed E-state index contributed by atoms with van der Waals surface area (Å²) in [5, 5.41) is 0. The van der Waals surface area contributed by atoms with Gasteiger partial charge in [-0.15, -0.1) is 0 Å². The van der Waals surface area contributed by atoms with Crippen molar-refractivity contribution in [1.82, 2.24) is 0 Å². The van der Waals surface area contributed by atoms with Crippen molar-refractivity contribution in [1.29, 1.82) is 0 Å². The topological polar surface area (TPSA) is 9.23 Å². The molecule has 0 aliphatic carbocycles. The van der Waals surface area contributed by atoms with Gasteiger partial charge in [-0.1, -0.05) is 0 Å². The van der Waals surface area contributed by atoms with Gasteiger partial charge in [0.2, 0.25) is 0 Å². The van der Waals surface area contributed by atoms with Crippen molar-refractivity contribution in [2.24, 2.45) is 0 Å². The summed E-state index contributed by atoms with van der Waals surface area (Å²) >= 11 is 2.06. The van der Waals surface area contributed by atoms with E-state index < -0.39 is 0 Å². The van der Waals surface area contributed by atoms with Gasteiger partial charge in [0.15, 0.2) is 0 Å². The molecule has 0 aromatic rings. The Hall–Kier alpha value is 0.557. The van der Waals surface area contributed by atoms with Crippen molar-refractivity contribution >= 4 is 17.7 Å². The van der Waals surface area contributed by atoms with Gasteiger partial charge in [0.25, 0.3) is 0 Å². The summed E-state index contributed by atoms with van der Waals surface area (Å²) in [5.74, 6) is 0. The van der Waals surface area contributed by atoms with Crippen LogP contribution in [0.4, 0.5) is 0 Å². The van der Waals surface area contributed by atoms with Crippen molar-refractivity contribution in [2.45, 2.75) is 18.1 Å². The Kier molecular flexibility index (Phi) is 4.08. The minimum absolute atomic E-state index is 0.435. The third kappa shape index (κ3) is 2.78. The van der Waals surface area contributed by atoms with Gasteiger partial charge >= 0.3 is 47.7 Å². The van der Waals surface area contributed by atoms with E-state index in [0.717, 1.165) is 6.42 Å². The molecule has 0 spiro atoms. The van der Waals surface area contributed by atoms with E-state index in [2.05, 4.69) is 24.6 Å². The van der Waals surface area contributed by atoms with Crippen LogP contribution in [0.3, 0.4) is 0 Å². The molecule has 0 saturated heterocycles. The number of hydrogen-bond donors (Lipinski definition) is 0. The molecule has 0 aliphatic heterocycles. The first-order chi connectivity index (χ1) is 2.81. The van der Waals surface area contributed by atoms with Crippen molar-refractivity contribution in [3.8, 4) is 0 Å². The molecule has 1 atom stereocenters. The molecule has 0 amide bonds. The molecule has 0 N–H and O–H groups in total. The van der Waals surface area contributed by atoms with Crippen LogP contribution in [0.5, 0.6) is 0 Å². The predicted octanol–water partition coefficient (Wildman–Crippen LogP) is 0.537. The summed E-state index contributed by atoms with van der Waals surface area (Å²) in [7, 11) is 1.73. The molecule has 0 radical (unpaired) electrons. The van der Waals surface area contributed by atoms with Gasteiger partial charge in [-0.2, -0.15) is 0 Å². The second-order valence-electron chi connectivity index (χ2n) is 1.45. The van der Waals surface area contributed by atoms with Gasteiger partial charge in [-0.3, -0.25) is 0 Å². The van der Waals surface area contributed by atoms with Crippen LogP contribution in [0.1, 0.15) is 13.3 Å². The zero-order valence-corrected chi connectivity index (χ0v) is 4.69. The molecule has 1 unspecified atom stereocenters. The van der Waals surface area contributed by atoms with E-state index in [0.29, 0.717) is 4.78 Å². The molecule has 6 heavy (non-hydrogen) atoms. The standard InChI is InChI=1S/C4H9O.Li/c1-3-4-5-2;/h4H,3H2,1-2H3;. The van der Waals surface area contributed by atoms with Crippen LogP contribution >= 0.6 is 0 Å². The molecular formula is C4H9LiO. The van der Waals surface area contributed by atoms with Gasteiger partial charge < -0.3 is 0 Å². The van der Waals surface area contributed by atoms with Gasteiger partial charge in [-0.25, -0.2) is 0 Å². The van der Waals surface area contributed by atoms with Gasteiger partial charge in [-0.05, 0) is 0 Å². The fourth-order valence-corrected chi connectivity index (χ4v) is 0.167. The fraction of sp³-hybridized carbons (Fsp3) is 1.00. The Morgan fingerprint density at radius 1 is 1.83 bits per heavy atom. The summed E-state index contributed by atoms with van der Waals surface area (Å²) in [6.45, 7) is 2.11. The van der Waals surface area contributed by atoms with Crippen LogP contribution in [0.15, 0.2) is 0 Å². The minimum atomic E-state index is 0.435. The maximum absolute atomic E-state index is 4.90. The summed E-state index contributed by atoms with van der Waals surface area (Å²) in [5.41, 5.74) is 0. The van der Waals surface area contributed by atoms with Crippen molar-refractivity contribution < 1.29 is 4.74 Å². The molecule has 0 aliphatic rings. The Labute approximate surface area is 48.3 Å². The number of hydrogen-bond acceptors (Lipinski definition) is 1. The van der Waals surface area contributed by atoms with Crippen LogP contribution in [-0.2, 0) is 4.74 Å². The molecule has 0 fully saturated rings. The van der Waals surface area contributed by atoms with E-state index in [1.165, 1.54) is 0 Å². The summed E-state index contributed by atoms with van der Waals surface area (Å²) in [4.78, 5) is 0. The SMILES string of the molecule is [Li][CH](CC)OC. The molecule has 0 heterocycles. The molecule has 0 bridgehead atoms. The van der Waals surface area contributed by atoms with Crippen LogP contribution < -0.4 is 0 Å². The van der Waals surface area contributed by atoms with Gasteiger partial charge in [0, 0.05) is 0 Å². The van der Waals surface area contributed by atoms with Gasteiger partial charge in [0.05, 0.1) is 0 Å². The molecule has 1 nitrogen and oxygen atoms in total. The second kappa shape index (κ2) is 3.74. The number of rotatable bonds is 2. The van der Waals surface area contributed by atoms with Crippen LogP contribution in [-0.4, -0.2) is 29.6 Å². The first-order valence-corrected chi connectivity index (χ1v) is 2.34. The Morgan fingerprint density at radius 2 is 2.33 bits per heavy atom. The Bertz CT molecular complexity index is 26.7. The first kappa shape index (κ1) is 6.56. The van der Waals surface area contributed by atoms with E-state index in [1.807, 2.05) is 0 Å². The molecule has 0 aromatic heterocycles. The zero-order chi connectivity index (χ0) is 4.99. The molecular weight excluding hydrogens is 71.0 g/mol. The monoisotopic (exact) mass is 80.1 g/mol. The van der Waals surface area contributed by atoms with Crippen molar-refractivity contribution in [2.75, 3.05) is 7.11 Å². The van der Waals surface area contributed by atoms with Crippen LogP contribution in [0, 0.1) is 0 Å². The molecule has 0 saturated carbocycles. The summed E-state index contributed by atoms with van der Waals surface area (Å²) < 4.78 is 5.33. The Balaban J connectivity index is 2.75. The van der Waals surface area contributed by atoms with E-state index in [4.69, 9.17) is 4.74 Å².